The van der Waals surface area contributed by atoms with E-state index in [-0.39, 0.29) is 30.7 Å². The van der Waals surface area contributed by atoms with Gasteiger partial charge < -0.3 is 26.0 Å². The summed E-state index contributed by atoms with van der Waals surface area (Å²) in [4.78, 5) is 68.4. The maximum absolute atomic E-state index is 14.0. The largest absolute Gasteiger partial charge is 0.507 e. The minimum absolute atomic E-state index is 0.0523. The molecule has 3 aliphatic carbocycles. The van der Waals surface area contributed by atoms with Crippen LogP contribution in [0.1, 0.15) is 27.9 Å². The fourth-order valence-corrected chi connectivity index (χ4v) is 7.23. The van der Waals surface area contributed by atoms with Crippen LogP contribution >= 0.6 is 0 Å². The molecule has 11 nitrogen and oxygen atoms in total. The Balaban J connectivity index is 1.63. The molecule has 0 aliphatic heterocycles. The van der Waals surface area contributed by atoms with Gasteiger partial charge in [0.1, 0.15) is 18.2 Å². The van der Waals surface area contributed by atoms with Gasteiger partial charge in [0.2, 0.25) is 5.91 Å². The molecular weight excluding hydrogens is 561 g/mol. The fraction of sp³-hybridized carbons (Fsp3) is 0.452. The van der Waals surface area contributed by atoms with Crippen LogP contribution in [-0.4, -0.2) is 90.2 Å². The molecule has 43 heavy (non-hydrogen) atoms. The van der Waals surface area contributed by atoms with E-state index in [0.29, 0.717) is 29.0 Å². The topological polar surface area (TPSA) is 176 Å². The summed E-state index contributed by atoms with van der Waals surface area (Å²) in [5.74, 6) is -10.6. The number of methoxy groups -OCH3 is 1. The van der Waals surface area contributed by atoms with Crippen molar-refractivity contribution in [2.75, 3.05) is 34.4 Å². The number of hydrogen-bond acceptors (Lipinski definition) is 10. The second kappa shape index (κ2) is 11.3. The molecule has 0 radical (unpaired) electrons. The first-order chi connectivity index (χ1) is 20.4. The Morgan fingerprint density at radius 1 is 1.14 bits per heavy atom. The van der Waals surface area contributed by atoms with Gasteiger partial charge in [-0.15, -0.1) is 0 Å². The van der Waals surface area contributed by atoms with E-state index in [1.807, 2.05) is 12.1 Å². The minimum Gasteiger partial charge on any atom is -0.507 e. The minimum atomic E-state index is -2.78. The maximum Gasteiger partial charge on any atom is 0.235 e. The fourth-order valence-electron chi connectivity index (χ4n) is 7.23. The number of primary amides is 1. The van der Waals surface area contributed by atoms with E-state index in [9.17, 15) is 38.6 Å². The van der Waals surface area contributed by atoms with Crippen molar-refractivity contribution < 1.29 is 43.3 Å². The van der Waals surface area contributed by atoms with E-state index in [1.54, 1.807) is 12.1 Å². The highest BCUT2D eigenvalue weighted by Crippen LogP contribution is 2.52. The lowest BCUT2D eigenvalue weighted by molar-refractivity contribution is -0.181. The Bertz CT molecular complexity index is 1540. The van der Waals surface area contributed by atoms with E-state index in [0.717, 1.165) is 5.56 Å². The van der Waals surface area contributed by atoms with Crippen molar-refractivity contribution >= 4 is 29.0 Å². The molecule has 3 aliphatic rings. The molecule has 0 spiro atoms. The van der Waals surface area contributed by atoms with E-state index in [4.69, 9.17) is 10.5 Å². The highest BCUT2D eigenvalue weighted by Gasteiger charge is 2.69. The lowest BCUT2D eigenvalue weighted by Gasteiger charge is -2.52. The number of fused-ring (bicyclic) bond motifs is 3. The third-order valence-electron chi connectivity index (χ3n) is 9.10. The monoisotopic (exact) mass is 595 g/mol. The predicted molar refractivity (Wildman–Crippen MR) is 151 cm³/mol. The van der Waals surface area contributed by atoms with Crippen LogP contribution < -0.4 is 15.8 Å². The number of benzene rings is 2. The van der Waals surface area contributed by atoms with Gasteiger partial charge in [0, 0.05) is 24.6 Å². The summed E-state index contributed by atoms with van der Waals surface area (Å²) in [5, 5.41) is 25.6. The number of alkyl halides is 1. The second-order valence-electron chi connectivity index (χ2n) is 11.7. The number of rotatable bonds is 8. The van der Waals surface area contributed by atoms with Gasteiger partial charge in [-0.05, 0) is 67.7 Å². The number of likely N-dealkylation sites (N-methyl/N-ethyl adjacent to an activating group) is 1. The third kappa shape index (κ3) is 4.64. The van der Waals surface area contributed by atoms with Crippen LogP contribution in [0.5, 0.6) is 11.5 Å². The zero-order valence-corrected chi connectivity index (χ0v) is 24.1. The van der Waals surface area contributed by atoms with Crippen molar-refractivity contribution in [3.05, 3.63) is 47.0 Å². The lowest BCUT2D eigenvalue weighted by Crippen LogP contribution is -2.74. The molecule has 228 valence electrons. The summed E-state index contributed by atoms with van der Waals surface area (Å²) >= 11 is 0. The smallest absolute Gasteiger partial charge is 0.235 e. The highest BCUT2D eigenvalue weighted by atomic mass is 19.1. The molecule has 5 N–H and O–H groups in total. The number of phenolic OH excluding ortho intramolecular Hbond substituents is 1. The number of carbonyl (C=O) groups is 5. The molecule has 2 aromatic carbocycles. The summed E-state index contributed by atoms with van der Waals surface area (Å²) in [7, 11) is 4.56. The van der Waals surface area contributed by atoms with Crippen LogP contribution in [0.2, 0.25) is 0 Å². The first-order valence-corrected chi connectivity index (χ1v) is 14.0. The zero-order valence-electron chi connectivity index (χ0n) is 24.1. The van der Waals surface area contributed by atoms with Crippen LogP contribution in [-0.2, 0) is 32.1 Å². The van der Waals surface area contributed by atoms with Gasteiger partial charge in [-0.1, -0.05) is 12.1 Å². The molecule has 2 aromatic rings. The Labute approximate surface area is 247 Å². The Kier molecular flexibility index (Phi) is 7.97. The van der Waals surface area contributed by atoms with Crippen LogP contribution in [0.25, 0.3) is 11.1 Å². The molecule has 12 heteroatoms. The quantitative estimate of drug-likeness (QED) is 0.250. The van der Waals surface area contributed by atoms with Crippen molar-refractivity contribution in [1.82, 2.24) is 10.2 Å². The molecule has 0 bridgehead atoms. The van der Waals surface area contributed by atoms with Gasteiger partial charge in [0.25, 0.3) is 0 Å². The van der Waals surface area contributed by atoms with Crippen molar-refractivity contribution in [3.8, 4) is 22.6 Å². The van der Waals surface area contributed by atoms with E-state index in [1.165, 1.54) is 32.2 Å². The average Bonchev–Trinajstić information content (AvgIpc) is 2.95. The summed E-state index contributed by atoms with van der Waals surface area (Å²) in [6, 6.07) is 7.20. The van der Waals surface area contributed by atoms with Gasteiger partial charge in [-0.2, -0.15) is 0 Å². The normalized spacial score (nSPS) is 28.4. The Hall–Kier alpha value is -4.00. The first kappa shape index (κ1) is 30.5. The number of ether oxygens (including phenoxy) is 1. The number of amides is 1. The van der Waals surface area contributed by atoms with Crippen molar-refractivity contribution in [2.24, 2.45) is 29.4 Å². The van der Waals surface area contributed by atoms with Gasteiger partial charge in [-0.3, -0.25) is 28.9 Å². The Morgan fingerprint density at radius 3 is 2.49 bits per heavy atom. The van der Waals surface area contributed by atoms with E-state index in [2.05, 4.69) is 5.32 Å². The standard InChI is InChI=1S/C31H34FN3O8/c1-35(2)25-19-12-15-11-18-16(17-10-14(13-34-9-8-32)4-7-21(17)43-3)5-6-20(36)23(18)26(37)22(15)28(39)31(19,42)29(40)24(27(25)38)30(33)41/h4-7,10,15,19,22,24-25,34,36,42H,8-9,11-13H2,1-3H3,(H2,33,41). The van der Waals surface area contributed by atoms with Crippen molar-refractivity contribution in [3.63, 3.8) is 0 Å². The Morgan fingerprint density at radius 2 is 1.86 bits per heavy atom. The van der Waals surface area contributed by atoms with E-state index >= 15 is 0 Å². The van der Waals surface area contributed by atoms with Crippen LogP contribution in [0.3, 0.4) is 0 Å². The number of phenols is 1. The van der Waals surface area contributed by atoms with E-state index < -0.39 is 71.0 Å². The van der Waals surface area contributed by atoms with Gasteiger partial charge in [0.15, 0.2) is 34.7 Å². The van der Waals surface area contributed by atoms with Crippen LogP contribution in [0.4, 0.5) is 4.39 Å². The first-order valence-electron chi connectivity index (χ1n) is 14.0. The number of aliphatic hydroxyl groups is 1. The molecule has 5 rings (SSSR count). The van der Waals surface area contributed by atoms with Gasteiger partial charge in [-0.25, -0.2) is 4.39 Å². The predicted octanol–water partition coefficient (Wildman–Crippen LogP) is 0.602. The molecule has 0 saturated heterocycles. The number of halogens is 1. The molecule has 0 aromatic heterocycles. The average molecular weight is 596 g/mol. The van der Waals surface area contributed by atoms with Gasteiger partial charge in [0.05, 0.1) is 24.6 Å². The summed E-state index contributed by atoms with van der Waals surface area (Å²) in [5.41, 5.74) is 4.95. The van der Waals surface area contributed by atoms with Gasteiger partial charge >= 0.3 is 0 Å². The van der Waals surface area contributed by atoms with Crippen LogP contribution in [0, 0.1) is 23.7 Å². The maximum atomic E-state index is 14.0. The molecule has 0 heterocycles. The highest BCUT2D eigenvalue weighted by molar-refractivity contribution is 6.32. The van der Waals surface area contributed by atoms with Crippen molar-refractivity contribution in [2.45, 2.75) is 31.0 Å². The zero-order chi connectivity index (χ0) is 31.4. The second-order valence-corrected chi connectivity index (χ2v) is 11.7. The molecule has 6 unspecified atom stereocenters. The molecule has 2 fully saturated rings. The SMILES string of the molecule is COc1ccc(CNCCF)cc1-c1ccc(O)c2c1CC1CC3C(N(C)C)C(=O)C(C(N)=O)C(=O)C3(O)C(=O)C1C2=O. The summed E-state index contributed by atoms with van der Waals surface area (Å²) in [6.07, 6.45) is 0.0619. The number of nitrogens with two attached hydrogens (primary N) is 1. The molecule has 2 saturated carbocycles. The number of hydrogen-bond donors (Lipinski definition) is 4. The molecule has 1 amide bonds. The lowest BCUT2D eigenvalue weighted by atomic mass is 9.52. The summed E-state index contributed by atoms with van der Waals surface area (Å²) < 4.78 is 18.2. The molecular formula is C31H34FN3O8. The number of nitrogens with zero attached hydrogens (tertiary/aromatic N) is 1. The number of aromatic hydroxyl groups is 1. The van der Waals surface area contributed by atoms with Crippen molar-refractivity contribution in [1.29, 1.82) is 0 Å². The molecule has 6 atom stereocenters. The van der Waals surface area contributed by atoms with Crippen LogP contribution in [0.15, 0.2) is 30.3 Å². The number of nitrogens with one attached hydrogen (secondary N) is 1. The number of Topliss-reactive ketones (excluding diaryl/α,β-unsaturated/α-hetero) is 4. The number of ketones is 4. The number of carbonyl (C=O) groups excluding carboxylic acids is 5. The summed E-state index contributed by atoms with van der Waals surface area (Å²) in [6.45, 7) is 0.0249. The third-order valence-corrected chi connectivity index (χ3v) is 9.10.